The maximum Gasteiger partial charge on any atom is 0.251 e. The van der Waals surface area contributed by atoms with Crippen LogP contribution < -0.4 is 10.6 Å². The molecule has 0 aromatic heterocycles. The monoisotopic (exact) mass is 363 g/mol. The minimum Gasteiger partial charge on any atom is -0.353 e. The summed E-state index contributed by atoms with van der Waals surface area (Å²) < 4.78 is 13.5. The Morgan fingerprint density at radius 2 is 1.92 bits per heavy atom. The highest BCUT2D eigenvalue weighted by Gasteiger charge is 2.34. The van der Waals surface area contributed by atoms with Crippen LogP contribution in [0, 0.1) is 18.7 Å². The molecule has 26 heavy (non-hydrogen) atoms. The predicted molar refractivity (Wildman–Crippen MR) is 96.1 cm³/mol. The lowest BCUT2D eigenvalue weighted by Gasteiger charge is -2.29. The second-order valence-corrected chi connectivity index (χ2v) is 6.89. The van der Waals surface area contributed by atoms with Crippen LogP contribution in [0.25, 0.3) is 0 Å². The zero-order valence-electron chi connectivity index (χ0n) is 15.5. The lowest BCUT2D eigenvalue weighted by Crippen LogP contribution is -2.51. The van der Waals surface area contributed by atoms with Crippen molar-refractivity contribution in [2.45, 2.75) is 39.7 Å². The van der Waals surface area contributed by atoms with Crippen molar-refractivity contribution in [2.75, 3.05) is 19.6 Å². The normalized spacial score (nSPS) is 15.3. The van der Waals surface area contributed by atoms with E-state index in [0.717, 1.165) is 6.42 Å². The Hall–Kier alpha value is -2.44. The van der Waals surface area contributed by atoms with Crippen LogP contribution in [0.4, 0.5) is 4.39 Å². The Balaban J connectivity index is 1.82. The molecule has 0 bridgehead atoms. The summed E-state index contributed by atoms with van der Waals surface area (Å²) in [5.41, 5.74) is 0.715. The number of carbonyl (C=O) groups is 3. The highest BCUT2D eigenvalue weighted by Crippen LogP contribution is 2.19. The van der Waals surface area contributed by atoms with Crippen LogP contribution >= 0.6 is 0 Å². The molecule has 1 heterocycles. The molecule has 6 nitrogen and oxygen atoms in total. The van der Waals surface area contributed by atoms with Gasteiger partial charge in [0.25, 0.3) is 5.91 Å². The molecule has 0 radical (unpaired) electrons. The summed E-state index contributed by atoms with van der Waals surface area (Å²) in [7, 11) is 0. The first-order chi connectivity index (χ1) is 12.3. The van der Waals surface area contributed by atoms with Gasteiger partial charge in [0.1, 0.15) is 11.9 Å². The minimum atomic E-state index is -0.494. The molecule has 1 aliphatic heterocycles. The predicted octanol–water partition coefficient (Wildman–Crippen LogP) is 1.63. The molecule has 1 saturated heterocycles. The number of amides is 3. The van der Waals surface area contributed by atoms with Crippen molar-refractivity contribution >= 4 is 17.7 Å². The van der Waals surface area contributed by atoms with Crippen LogP contribution in [0.1, 0.15) is 42.6 Å². The third kappa shape index (κ3) is 4.80. The highest BCUT2D eigenvalue weighted by atomic mass is 19.1. The van der Waals surface area contributed by atoms with Crippen LogP contribution in [0.3, 0.4) is 0 Å². The average Bonchev–Trinajstić information content (AvgIpc) is 2.99. The molecular weight excluding hydrogens is 337 g/mol. The lowest BCUT2D eigenvalue weighted by molar-refractivity contribution is -0.139. The number of halogens is 1. The van der Waals surface area contributed by atoms with Crippen molar-refractivity contribution in [1.82, 2.24) is 15.5 Å². The van der Waals surface area contributed by atoms with Gasteiger partial charge in [-0.1, -0.05) is 19.9 Å². The molecule has 1 fully saturated rings. The van der Waals surface area contributed by atoms with Gasteiger partial charge in [-0.25, -0.2) is 4.39 Å². The van der Waals surface area contributed by atoms with E-state index >= 15 is 0 Å². The Morgan fingerprint density at radius 1 is 1.23 bits per heavy atom. The number of likely N-dealkylation sites (tertiary alicyclic amines) is 1. The van der Waals surface area contributed by atoms with E-state index in [1.807, 2.05) is 13.8 Å². The minimum absolute atomic E-state index is 0.00201. The van der Waals surface area contributed by atoms with Crippen molar-refractivity contribution in [3.8, 4) is 0 Å². The van der Waals surface area contributed by atoms with Crippen LogP contribution in [0.15, 0.2) is 18.2 Å². The fraction of sp³-hybridized carbons (Fsp3) is 0.526. The lowest BCUT2D eigenvalue weighted by atomic mass is 10.0. The average molecular weight is 363 g/mol. The fourth-order valence-corrected chi connectivity index (χ4v) is 3.07. The Morgan fingerprint density at radius 3 is 2.50 bits per heavy atom. The van der Waals surface area contributed by atoms with Gasteiger partial charge in [0.15, 0.2) is 0 Å². The molecular formula is C19H26FN3O3. The number of hydrogen-bond acceptors (Lipinski definition) is 3. The van der Waals surface area contributed by atoms with E-state index in [9.17, 15) is 18.8 Å². The van der Waals surface area contributed by atoms with Crippen LogP contribution in [-0.4, -0.2) is 48.3 Å². The number of nitrogens with zero attached hydrogens (tertiary/aromatic N) is 1. The maximum absolute atomic E-state index is 13.5. The first-order valence-corrected chi connectivity index (χ1v) is 8.92. The number of hydrogen-bond donors (Lipinski definition) is 2. The second kappa shape index (κ2) is 8.78. The van der Waals surface area contributed by atoms with E-state index in [2.05, 4.69) is 10.6 Å². The summed E-state index contributed by atoms with van der Waals surface area (Å²) in [5.74, 6) is -1.03. The molecule has 1 aliphatic rings. The zero-order chi connectivity index (χ0) is 19.3. The second-order valence-electron chi connectivity index (χ2n) is 6.89. The van der Waals surface area contributed by atoms with Crippen molar-refractivity contribution in [1.29, 1.82) is 0 Å². The van der Waals surface area contributed by atoms with Gasteiger partial charge in [0.05, 0.1) is 0 Å². The molecule has 142 valence electrons. The molecule has 1 atom stereocenters. The van der Waals surface area contributed by atoms with Gasteiger partial charge in [-0.3, -0.25) is 14.4 Å². The Kier molecular flexibility index (Phi) is 6.71. The number of nitrogens with one attached hydrogen (secondary N) is 2. The first kappa shape index (κ1) is 19.9. The molecule has 3 amide bonds. The van der Waals surface area contributed by atoms with E-state index in [-0.39, 0.29) is 36.4 Å². The molecule has 0 saturated carbocycles. The summed E-state index contributed by atoms with van der Waals surface area (Å²) >= 11 is 0. The van der Waals surface area contributed by atoms with Crippen molar-refractivity contribution in [3.05, 3.63) is 35.1 Å². The molecule has 2 N–H and O–H groups in total. The summed E-state index contributed by atoms with van der Waals surface area (Å²) in [4.78, 5) is 38.0. The smallest absolute Gasteiger partial charge is 0.251 e. The van der Waals surface area contributed by atoms with Crippen molar-refractivity contribution < 1.29 is 18.8 Å². The third-order valence-corrected chi connectivity index (χ3v) is 4.49. The molecule has 2 rings (SSSR count). The molecule has 1 aromatic carbocycles. The van der Waals surface area contributed by atoms with E-state index in [4.69, 9.17) is 0 Å². The third-order valence-electron chi connectivity index (χ3n) is 4.49. The van der Waals surface area contributed by atoms with E-state index in [1.165, 1.54) is 6.07 Å². The molecule has 0 spiro atoms. The van der Waals surface area contributed by atoms with Crippen LogP contribution in [-0.2, 0) is 9.59 Å². The quantitative estimate of drug-likeness (QED) is 0.723. The first-order valence-electron chi connectivity index (χ1n) is 8.92. The molecule has 0 aliphatic carbocycles. The standard InChI is InChI=1S/C19H26FN3O3/c1-12(2)17(23-10-4-5-16(23)24)19(26)22-9-8-21-18(25)14-7-6-13(3)15(20)11-14/h6-7,11-12,17H,4-5,8-10H2,1-3H3,(H,21,25)(H,22,26). The number of carbonyl (C=O) groups excluding carboxylic acids is 3. The van der Waals surface area contributed by atoms with E-state index in [1.54, 1.807) is 24.0 Å². The van der Waals surface area contributed by atoms with Gasteiger partial charge in [-0.15, -0.1) is 0 Å². The SMILES string of the molecule is Cc1ccc(C(=O)NCCNC(=O)C(C(C)C)N2CCCC2=O)cc1F. The largest absolute Gasteiger partial charge is 0.353 e. The summed E-state index contributed by atoms with van der Waals surface area (Å²) in [6.45, 7) is 6.50. The van der Waals surface area contributed by atoms with Gasteiger partial charge in [0.2, 0.25) is 11.8 Å². The van der Waals surface area contributed by atoms with Gasteiger partial charge in [0, 0.05) is 31.6 Å². The van der Waals surface area contributed by atoms with Gasteiger partial charge in [-0.2, -0.15) is 0 Å². The highest BCUT2D eigenvalue weighted by molar-refractivity contribution is 5.94. The van der Waals surface area contributed by atoms with Crippen LogP contribution in [0.5, 0.6) is 0 Å². The van der Waals surface area contributed by atoms with Gasteiger partial charge < -0.3 is 15.5 Å². The van der Waals surface area contributed by atoms with Gasteiger partial charge >= 0.3 is 0 Å². The number of benzene rings is 1. The van der Waals surface area contributed by atoms with Crippen molar-refractivity contribution in [2.24, 2.45) is 5.92 Å². The van der Waals surface area contributed by atoms with E-state index < -0.39 is 17.8 Å². The molecule has 1 aromatic rings. The maximum atomic E-state index is 13.5. The summed E-state index contributed by atoms with van der Waals surface area (Å²) in [6.07, 6.45) is 1.26. The Bertz CT molecular complexity index is 691. The number of aryl methyl sites for hydroxylation is 1. The zero-order valence-corrected chi connectivity index (χ0v) is 15.5. The summed E-state index contributed by atoms with van der Waals surface area (Å²) in [6, 6.07) is 3.80. The van der Waals surface area contributed by atoms with E-state index in [0.29, 0.717) is 18.5 Å². The van der Waals surface area contributed by atoms with Crippen LogP contribution in [0.2, 0.25) is 0 Å². The topological polar surface area (TPSA) is 78.5 Å². The fourth-order valence-electron chi connectivity index (χ4n) is 3.07. The summed E-state index contributed by atoms with van der Waals surface area (Å²) in [5, 5.41) is 5.41. The molecule has 1 unspecified atom stereocenters. The van der Waals surface area contributed by atoms with Gasteiger partial charge in [-0.05, 0) is 37.0 Å². The Labute approximate surface area is 153 Å². The van der Waals surface area contributed by atoms with Crippen molar-refractivity contribution in [3.63, 3.8) is 0 Å². The molecule has 7 heteroatoms. The number of rotatable bonds is 7.